The maximum absolute atomic E-state index is 5.82. The van der Waals surface area contributed by atoms with Gasteiger partial charge in [-0.2, -0.15) is 12.6 Å². The second kappa shape index (κ2) is 5.01. The number of thiazole rings is 1. The average Bonchev–Trinajstić information content (AvgIpc) is 2.69. The summed E-state index contributed by atoms with van der Waals surface area (Å²) in [5, 5.41) is 1.90. The van der Waals surface area contributed by atoms with E-state index in [1.165, 1.54) is 10.4 Å². The first-order valence-electron chi connectivity index (χ1n) is 4.57. The van der Waals surface area contributed by atoms with Crippen LogP contribution in [0.4, 0.5) is 0 Å². The quantitative estimate of drug-likeness (QED) is 0.823. The van der Waals surface area contributed by atoms with Crippen LogP contribution >= 0.6 is 35.6 Å². The molecule has 1 aromatic heterocycles. The third kappa shape index (κ3) is 2.97. The van der Waals surface area contributed by atoms with Gasteiger partial charge in [0.05, 0.1) is 5.01 Å². The Morgan fingerprint density at radius 3 is 2.60 bits per heavy atom. The summed E-state index contributed by atoms with van der Waals surface area (Å²) in [6, 6.07) is 7.88. The molecule has 0 fully saturated rings. The highest BCUT2D eigenvalue weighted by atomic mass is 35.5. The molecule has 0 aliphatic rings. The molecule has 78 valence electrons. The van der Waals surface area contributed by atoms with E-state index >= 15 is 0 Å². The van der Waals surface area contributed by atoms with Gasteiger partial charge in [-0.15, -0.1) is 11.3 Å². The molecule has 0 saturated carbocycles. The lowest BCUT2D eigenvalue weighted by molar-refractivity contribution is 1.13. The van der Waals surface area contributed by atoms with Crippen LogP contribution in [0.2, 0.25) is 5.02 Å². The normalized spacial score (nSPS) is 10.5. The number of hydrogen-bond acceptors (Lipinski definition) is 3. The summed E-state index contributed by atoms with van der Waals surface area (Å²) in [5.74, 6) is 0.762. The third-order valence-electron chi connectivity index (χ3n) is 2.03. The Balaban J connectivity index is 2.11. The number of thiol groups is 1. The van der Waals surface area contributed by atoms with Crippen LogP contribution in [0.25, 0.3) is 0 Å². The summed E-state index contributed by atoms with van der Waals surface area (Å²) in [5.41, 5.74) is 1.24. The molecule has 0 aliphatic carbocycles. The molecule has 0 unspecified atom stereocenters. The Morgan fingerprint density at radius 2 is 2.00 bits per heavy atom. The van der Waals surface area contributed by atoms with Crippen molar-refractivity contribution in [1.29, 1.82) is 0 Å². The third-order valence-corrected chi connectivity index (χ3v) is 3.83. The molecule has 4 heteroatoms. The zero-order valence-corrected chi connectivity index (χ0v) is 10.4. The average molecular weight is 256 g/mol. The molecule has 0 aliphatic heterocycles. The van der Waals surface area contributed by atoms with Crippen LogP contribution in [-0.2, 0) is 12.2 Å². The van der Waals surface area contributed by atoms with Crippen LogP contribution in [0.15, 0.2) is 30.5 Å². The van der Waals surface area contributed by atoms with E-state index in [9.17, 15) is 0 Å². The van der Waals surface area contributed by atoms with Crippen LogP contribution < -0.4 is 0 Å². The lowest BCUT2D eigenvalue weighted by Crippen LogP contribution is -1.85. The summed E-state index contributed by atoms with van der Waals surface area (Å²) in [7, 11) is 0. The highest BCUT2D eigenvalue weighted by Gasteiger charge is 2.02. The molecule has 0 bridgehead atoms. The minimum absolute atomic E-state index is 0.762. The summed E-state index contributed by atoms with van der Waals surface area (Å²) in [4.78, 5) is 5.55. The van der Waals surface area contributed by atoms with Gasteiger partial charge in [-0.3, -0.25) is 0 Å². The molecule has 0 saturated heterocycles. The van der Waals surface area contributed by atoms with Gasteiger partial charge in [-0.1, -0.05) is 23.7 Å². The smallest absolute Gasteiger partial charge is 0.0971 e. The number of benzene rings is 1. The molecule has 0 atom stereocenters. The molecule has 15 heavy (non-hydrogen) atoms. The van der Waals surface area contributed by atoms with Gasteiger partial charge in [-0.25, -0.2) is 4.98 Å². The van der Waals surface area contributed by atoms with Gasteiger partial charge < -0.3 is 0 Å². The molecule has 0 radical (unpaired) electrons. The van der Waals surface area contributed by atoms with Crippen LogP contribution in [0.3, 0.4) is 0 Å². The molecule has 1 aromatic carbocycles. The van der Waals surface area contributed by atoms with E-state index in [0.717, 1.165) is 22.2 Å². The lowest BCUT2D eigenvalue weighted by atomic mass is 10.2. The van der Waals surface area contributed by atoms with Crippen LogP contribution in [0, 0.1) is 0 Å². The van der Waals surface area contributed by atoms with Crippen molar-refractivity contribution in [3.8, 4) is 0 Å². The second-order valence-electron chi connectivity index (χ2n) is 3.18. The molecule has 0 amide bonds. The van der Waals surface area contributed by atoms with E-state index in [4.69, 9.17) is 11.6 Å². The van der Waals surface area contributed by atoms with Crippen molar-refractivity contribution in [1.82, 2.24) is 4.98 Å². The van der Waals surface area contributed by atoms with Crippen molar-refractivity contribution in [3.63, 3.8) is 0 Å². The van der Waals surface area contributed by atoms with Gasteiger partial charge in [0.25, 0.3) is 0 Å². The fourth-order valence-electron chi connectivity index (χ4n) is 1.28. The Morgan fingerprint density at radius 1 is 1.27 bits per heavy atom. The first-order chi connectivity index (χ1) is 7.28. The summed E-state index contributed by atoms with van der Waals surface area (Å²) in [6.45, 7) is 0. The highest BCUT2D eigenvalue weighted by Crippen LogP contribution is 2.19. The minimum atomic E-state index is 0.762. The molecular formula is C11H10ClNS2. The number of nitrogens with zero attached hydrogens (tertiary/aromatic N) is 1. The number of aromatic nitrogens is 1. The van der Waals surface area contributed by atoms with Crippen molar-refractivity contribution in [2.45, 2.75) is 12.2 Å². The van der Waals surface area contributed by atoms with Crippen molar-refractivity contribution in [2.75, 3.05) is 0 Å². The van der Waals surface area contributed by atoms with Crippen LogP contribution in [-0.4, -0.2) is 4.98 Å². The molecule has 2 aromatic rings. The topological polar surface area (TPSA) is 12.9 Å². The molecule has 1 nitrogen and oxygen atoms in total. The minimum Gasteiger partial charge on any atom is -0.249 e. The number of rotatable bonds is 3. The summed E-state index contributed by atoms with van der Waals surface area (Å²) >= 11 is 11.7. The number of halogens is 1. The van der Waals surface area contributed by atoms with Crippen molar-refractivity contribution in [2.24, 2.45) is 0 Å². The highest BCUT2D eigenvalue weighted by molar-refractivity contribution is 7.79. The zero-order chi connectivity index (χ0) is 10.7. The molecule has 0 spiro atoms. The standard InChI is InChI=1S/C11H10ClNS2/c12-9-3-1-8(2-4-9)5-11-13-6-10(7-14)15-11/h1-4,6,14H,5,7H2. The molecule has 1 heterocycles. The zero-order valence-electron chi connectivity index (χ0n) is 7.98. The maximum atomic E-state index is 5.82. The Hall–Kier alpha value is -0.510. The number of hydrogen-bond donors (Lipinski definition) is 1. The van der Waals surface area contributed by atoms with E-state index < -0.39 is 0 Å². The Bertz CT molecular complexity index is 436. The molecule has 2 rings (SSSR count). The van der Waals surface area contributed by atoms with E-state index in [0.29, 0.717) is 0 Å². The van der Waals surface area contributed by atoms with Crippen molar-refractivity contribution < 1.29 is 0 Å². The van der Waals surface area contributed by atoms with Gasteiger partial charge in [0.1, 0.15) is 0 Å². The van der Waals surface area contributed by atoms with Crippen LogP contribution in [0.5, 0.6) is 0 Å². The SMILES string of the molecule is SCc1cnc(Cc2ccc(Cl)cc2)s1. The molecule has 0 N–H and O–H groups in total. The summed E-state index contributed by atoms with van der Waals surface area (Å²) in [6.07, 6.45) is 2.76. The fourth-order valence-corrected chi connectivity index (χ4v) is 2.50. The fraction of sp³-hybridized carbons (Fsp3) is 0.182. The Kier molecular flexibility index (Phi) is 3.67. The largest absolute Gasteiger partial charge is 0.249 e. The first-order valence-corrected chi connectivity index (χ1v) is 6.39. The second-order valence-corrected chi connectivity index (χ2v) is 5.13. The van der Waals surface area contributed by atoms with Crippen LogP contribution in [0.1, 0.15) is 15.4 Å². The van der Waals surface area contributed by atoms with Gasteiger partial charge in [0, 0.05) is 28.3 Å². The van der Waals surface area contributed by atoms with Gasteiger partial charge >= 0.3 is 0 Å². The van der Waals surface area contributed by atoms with Crippen molar-refractivity contribution in [3.05, 3.63) is 50.9 Å². The molecular weight excluding hydrogens is 246 g/mol. The Labute approximate surface area is 104 Å². The van der Waals surface area contributed by atoms with E-state index in [2.05, 4.69) is 17.6 Å². The van der Waals surface area contributed by atoms with E-state index in [-0.39, 0.29) is 0 Å². The predicted molar refractivity (Wildman–Crippen MR) is 69.1 cm³/mol. The van der Waals surface area contributed by atoms with Crippen molar-refractivity contribution >= 4 is 35.6 Å². The predicted octanol–water partition coefficient (Wildman–Crippen LogP) is 3.82. The maximum Gasteiger partial charge on any atom is 0.0971 e. The van der Waals surface area contributed by atoms with E-state index in [1.807, 2.05) is 30.5 Å². The van der Waals surface area contributed by atoms with E-state index in [1.54, 1.807) is 11.3 Å². The van der Waals surface area contributed by atoms with Gasteiger partial charge in [0.15, 0.2) is 0 Å². The van der Waals surface area contributed by atoms with Gasteiger partial charge in [0.2, 0.25) is 0 Å². The lowest BCUT2D eigenvalue weighted by Gasteiger charge is -1.97. The first kappa shape index (κ1) is 11.0. The summed E-state index contributed by atoms with van der Waals surface area (Å²) < 4.78 is 0. The van der Waals surface area contributed by atoms with Gasteiger partial charge in [-0.05, 0) is 17.7 Å². The monoisotopic (exact) mass is 255 g/mol.